The lowest BCUT2D eigenvalue weighted by molar-refractivity contribution is -0.514. The van der Waals surface area contributed by atoms with Crippen LogP contribution in [0, 0.1) is 23.2 Å². The van der Waals surface area contributed by atoms with Gasteiger partial charge in [0.15, 0.2) is 0 Å². The van der Waals surface area contributed by atoms with Crippen LogP contribution in [0.3, 0.4) is 0 Å². The summed E-state index contributed by atoms with van der Waals surface area (Å²) in [6, 6.07) is 1.85. The van der Waals surface area contributed by atoms with Crippen molar-refractivity contribution < 1.29 is 14.6 Å². The van der Waals surface area contributed by atoms with Crippen molar-refractivity contribution in [1.29, 1.82) is 5.26 Å². The number of amidine groups is 1. The normalized spacial score (nSPS) is 28.8. The predicted octanol–water partition coefficient (Wildman–Crippen LogP) is -0.216. The minimum atomic E-state index is -0.927. The first kappa shape index (κ1) is 17.9. The molecule has 0 spiro atoms. The molecule has 1 saturated carbocycles. The van der Waals surface area contributed by atoms with E-state index in [0.717, 1.165) is 36.7 Å². The zero-order valence-corrected chi connectivity index (χ0v) is 15.2. The average Bonchev–Trinajstić information content (AvgIpc) is 3.13. The van der Waals surface area contributed by atoms with Gasteiger partial charge in [-0.2, -0.15) is 10.2 Å². The lowest BCUT2D eigenvalue weighted by atomic mass is 10.0. The quantitative estimate of drug-likeness (QED) is 0.766. The highest BCUT2D eigenvalue weighted by Gasteiger charge is 2.47. The van der Waals surface area contributed by atoms with Crippen LogP contribution in [0.5, 0.6) is 0 Å². The molecule has 3 amide bonds. The van der Waals surface area contributed by atoms with Crippen molar-refractivity contribution in [3.63, 3.8) is 0 Å². The van der Waals surface area contributed by atoms with E-state index in [4.69, 9.17) is 0 Å². The molecule has 0 aromatic carbocycles. The van der Waals surface area contributed by atoms with E-state index in [1.807, 2.05) is 6.07 Å². The van der Waals surface area contributed by atoms with E-state index in [1.54, 1.807) is 7.05 Å². The number of carbonyl (C=O) groups is 2. The summed E-state index contributed by atoms with van der Waals surface area (Å²) in [4.78, 5) is 32.6. The fourth-order valence-corrected chi connectivity index (χ4v) is 4.25. The number of rotatable bonds is 3. The molecular formula is C18H28N5O2+. The zero-order chi connectivity index (χ0) is 18.0. The first-order valence-electron chi connectivity index (χ1n) is 9.32. The summed E-state index contributed by atoms with van der Waals surface area (Å²) in [7, 11) is 3.04. The van der Waals surface area contributed by atoms with Crippen molar-refractivity contribution in [1.82, 2.24) is 14.7 Å². The second kappa shape index (κ2) is 7.52. The number of nitrogens with zero attached hydrogens (tertiary/aromatic N) is 4. The molecule has 0 radical (unpaired) electrons. The maximum atomic E-state index is 12.2. The molecule has 1 unspecified atom stereocenters. The minimum Gasteiger partial charge on any atom is -0.303 e. The highest BCUT2D eigenvalue weighted by Crippen LogP contribution is 2.26. The first-order valence-corrected chi connectivity index (χ1v) is 9.32. The molecule has 2 saturated heterocycles. The van der Waals surface area contributed by atoms with Crippen LogP contribution in [0.1, 0.15) is 38.5 Å². The Kier molecular flexibility index (Phi) is 5.38. The van der Waals surface area contributed by atoms with Crippen molar-refractivity contribution in [3.8, 4) is 6.07 Å². The Bertz CT molecular complexity index is 597. The van der Waals surface area contributed by atoms with Crippen LogP contribution in [0.4, 0.5) is 4.79 Å². The molecule has 0 bridgehead atoms. The van der Waals surface area contributed by atoms with Crippen molar-refractivity contribution in [2.24, 2.45) is 11.8 Å². The van der Waals surface area contributed by atoms with Crippen LogP contribution in [0.15, 0.2) is 0 Å². The third-order valence-corrected chi connectivity index (χ3v) is 5.85. The van der Waals surface area contributed by atoms with Gasteiger partial charge >= 0.3 is 6.03 Å². The van der Waals surface area contributed by atoms with E-state index < -0.39 is 17.9 Å². The second-order valence-corrected chi connectivity index (χ2v) is 7.56. The second-order valence-electron chi connectivity index (χ2n) is 7.56. The first-order chi connectivity index (χ1) is 12.0. The molecule has 2 aliphatic heterocycles. The maximum Gasteiger partial charge on any atom is 0.417 e. The summed E-state index contributed by atoms with van der Waals surface area (Å²) in [5, 5.41) is 9.38. The Morgan fingerprint density at radius 3 is 2.32 bits per heavy atom. The molecule has 1 aliphatic carbocycles. The highest BCUT2D eigenvalue weighted by atomic mass is 16.2. The lowest BCUT2D eigenvalue weighted by Gasteiger charge is -2.32. The fourth-order valence-electron chi connectivity index (χ4n) is 4.25. The molecule has 2 heterocycles. The third-order valence-electron chi connectivity index (χ3n) is 5.85. The van der Waals surface area contributed by atoms with E-state index in [1.165, 1.54) is 44.2 Å². The number of hydrogen-bond donors (Lipinski definition) is 1. The largest absolute Gasteiger partial charge is 0.417 e. The smallest absolute Gasteiger partial charge is 0.303 e. The monoisotopic (exact) mass is 346 g/mol. The molecule has 3 aliphatic rings. The van der Waals surface area contributed by atoms with Gasteiger partial charge < -0.3 is 4.90 Å². The Morgan fingerprint density at radius 2 is 1.72 bits per heavy atom. The molecule has 7 nitrogen and oxygen atoms in total. The summed E-state index contributed by atoms with van der Waals surface area (Å²) in [5.41, 5.74) is 0. The number of likely N-dealkylation sites (tertiary alicyclic amines) is 1. The van der Waals surface area contributed by atoms with Gasteiger partial charge in [0.1, 0.15) is 0 Å². The van der Waals surface area contributed by atoms with E-state index in [9.17, 15) is 14.9 Å². The molecule has 0 aromatic rings. The van der Waals surface area contributed by atoms with Gasteiger partial charge in [-0.05, 0) is 18.8 Å². The summed E-state index contributed by atoms with van der Waals surface area (Å²) >= 11 is 0. The number of urea groups is 1. The van der Waals surface area contributed by atoms with Gasteiger partial charge in [0.2, 0.25) is 5.92 Å². The van der Waals surface area contributed by atoms with Gasteiger partial charge in [-0.25, -0.2) is 9.69 Å². The number of hydrogen-bond acceptors (Lipinski definition) is 4. The number of nitrogens with one attached hydrogen (secondary N) is 1. The average molecular weight is 346 g/mol. The standard InChI is InChI=1S/C18H27N5O2/c1-21-16(15(11-19)17(24)22(2)18(21)25)20-14-7-9-23(10-8-14)12-13-5-3-4-6-13/h13-15H,3-10,12H2,1-2H3/p+1. The van der Waals surface area contributed by atoms with Crippen LogP contribution in [-0.2, 0) is 4.79 Å². The van der Waals surface area contributed by atoms with Gasteiger partial charge in [-0.1, -0.05) is 12.8 Å². The van der Waals surface area contributed by atoms with Crippen LogP contribution in [0.2, 0.25) is 0 Å². The number of nitriles is 1. The van der Waals surface area contributed by atoms with Crippen LogP contribution >= 0.6 is 0 Å². The van der Waals surface area contributed by atoms with Crippen LogP contribution in [-0.4, -0.2) is 72.2 Å². The SMILES string of the molecule is CN1C(=O)C(C#N)C(=[NH+]C2CCN(CC3CCCC3)CC2)N(C)C1=O. The topological polar surface area (TPSA) is 81.6 Å². The Hall–Kier alpha value is -1.94. The molecule has 3 fully saturated rings. The molecule has 0 aromatic heterocycles. The summed E-state index contributed by atoms with van der Waals surface area (Å²) in [6.07, 6.45) is 7.42. The Balaban J connectivity index is 1.63. The number of imide groups is 1. The number of amides is 3. The van der Waals surface area contributed by atoms with Gasteiger partial charge in [-0.15, -0.1) is 0 Å². The Morgan fingerprint density at radius 1 is 1.08 bits per heavy atom. The van der Waals surface area contributed by atoms with E-state index in [2.05, 4.69) is 9.89 Å². The summed E-state index contributed by atoms with van der Waals surface area (Å²) in [5.74, 6) is -0.0852. The van der Waals surface area contributed by atoms with Gasteiger partial charge in [0.05, 0.1) is 19.2 Å². The van der Waals surface area contributed by atoms with E-state index >= 15 is 0 Å². The maximum absolute atomic E-state index is 12.2. The summed E-state index contributed by atoms with van der Waals surface area (Å²) in [6.45, 7) is 3.26. The number of carbonyl (C=O) groups excluding carboxylic acids is 2. The molecular weight excluding hydrogens is 318 g/mol. The van der Waals surface area contributed by atoms with Crippen molar-refractivity contribution in [2.75, 3.05) is 33.7 Å². The lowest BCUT2D eigenvalue weighted by Crippen LogP contribution is -2.86. The van der Waals surface area contributed by atoms with E-state index in [0.29, 0.717) is 5.84 Å². The van der Waals surface area contributed by atoms with Gasteiger partial charge in [0.25, 0.3) is 11.7 Å². The van der Waals surface area contributed by atoms with Crippen LogP contribution in [0.25, 0.3) is 0 Å². The number of piperidine rings is 1. The van der Waals surface area contributed by atoms with Gasteiger partial charge in [-0.3, -0.25) is 9.79 Å². The predicted molar refractivity (Wildman–Crippen MR) is 92.4 cm³/mol. The van der Waals surface area contributed by atoms with Crippen LogP contribution < -0.4 is 4.99 Å². The Labute approximate surface area is 149 Å². The van der Waals surface area contributed by atoms with Crippen molar-refractivity contribution in [3.05, 3.63) is 0 Å². The third kappa shape index (κ3) is 3.69. The van der Waals surface area contributed by atoms with E-state index in [-0.39, 0.29) is 6.04 Å². The fraction of sp³-hybridized carbons (Fsp3) is 0.778. The van der Waals surface area contributed by atoms with Crippen molar-refractivity contribution >= 4 is 17.8 Å². The van der Waals surface area contributed by atoms with Gasteiger partial charge in [0, 0.05) is 39.5 Å². The zero-order valence-electron chi connectivity index (χ0n) is 15.2. The molecule has 1 N–H and O–H groups in total. The molecule has 25 heavy (non-hydrogen) atoms. The molecule has 136 valence electrons. The molecule has 3 rings (SSSR count). The minimum absolute atomic E-state index is 0.206. The summed E-state index contributed by atoms with van der Waals surface area (Å²) < 4.78 is 0. The highest BCUT2D eigenvalue weighted by molar-refractivity contribution is 6.17. The van der Waals surface area contributed by atoms with Crippen molar-refractivity contribution in [2.45, 2.75) is 44.6 Å². The molecule has 7 heteroatoms. The molecule has 1 atom stereocenters.